The number of nitrogens with zero attached hydrogens (tertiary/aromatic N) is 4. The van der Waals surface area contributed by atoms with Crippen molar-refractivity contribution in [2.45, 2.75) is 64.1 Å². The van der Waals surface area contributed by atoms with E-state index in [4.69, 9.17) is 25.8 Å². The molecule has 1 saturated carbocycles. The topological polar surface area (TPSA) is 73.4 Å². The number of carbonyl (C=O) groups is 1. The van der Waals surface area contributed by atoms with Gasteiger partial charge in [-0.25, -0.2) is 9.37 Å². The number of hydrogen-bond donors (Lipinski definition) is 0. The minimum atomic E-state index is -0.547. The van der Waals surface area contributed by atoms with Crippen LogP contribution in [0.15, 0.2) is 40.9 Å². The number of anilines is 1. The molecule has 3 heterocycles. The SMILES string of the molecule is CO[C@@H]1CC[C@@H](n2c([C@@H]3CCC(=O)N3c3ccc(Cl)c(F)c3)nc3cc(-c4c(C)noc4C)ccc32)C1. The molecule has 2 aliphatic rings. The Morgan fingerprint density at radius 2 is 1.97 bits per heavy atom. The van der Waals surface area contributed by atoms with Crippen LogP contribution in [0.25, 0.3) is 22.2 Å². The van der Waals surface area contributed by atoms with E-state index in [2.05, 4.69) is 27.9 Å². The molecule has 0 unspecified atom stereocenters. The zero-order valence-corrected chi connectivity index (χ0v) is 21.8. The number of halogens is 2. The number of rotatable bonds is 5. The number of aryl methyl sites for hydroxylation is 2. The Kier molecular flexibility index (Phi) is 6.04. The first-order valence-corrected chi connectivity index (χ1v) is 13.0. The van der Waals surface area contributed by atoms with Gasteiger partial charge in [0.25, 0.3) is 0 Å². The summed E-state index contributed by atoms with van der Waals surface area (Å²) in [5.41, 5.74) is 5.12. The van der Waals surface area contributed by atoms with Gasteiger partial charge in [-0.1, -0.05) is 22.8 Å². The molecular formula is C28H28ClFN4O3. The van der Waals surface area contributed by atoms with E-state index in [0.29, 0.717) is 18.5 Å². The summed E-state index contributed by atoms with van der Waals surface area (Å²) in [7, 11) is 1.75. The van der Waals surface area contributed by atoms with Crippen LogP contribution in [0.1, 0.15) is 61.5 Å². The normalized spacial score (nSPS) is 22.0. The minimum Gasteiger partial charge on any atom is -0.381 e. The van der Waals surface area contributed by atoms with E-state index in [0.717, 1.165) is 58.7 Å². The highest BCUT2D eigenvalue weighted by molar-refractivity contribution is 6.30. The first kappa shape index (κ1) is 24.1. The third kappa shape index (κ3) is 4.03. The Bertz CT molecular complexity index is 1490. The maximum Gasteiger partial charge on any atom is 0.227 e. The van der Waals surface area contributed by atoms with Crippen molar-refractivity contribution in [2.75, 3.05) is 12.0 Å². The maximum atomic E-state index is 14.4. The van der Waals surface area contributed by atoms with Crippen LogP contribution < -0.4 is 4.90 Å². The molecule has 1 saturated heterocycles. The summed E-state index contributed by atoms with van der Waals surface area (Å²) in [5.74, 6) is 0.971. The van der Waals surface area contributed by atoms with E-state index < -0.39 is 5.82 Å². The molecular weight excluding hydrogens is 495 g/mol. The van der Waals surface area contributed by atoms with E-state index in [1.165, 1.54) is 12.1 Å². The molecule has 1 aliphatic heterocycles. The molecule has 0 bridgehead atoms. The minimum absolute atomic E-state index is 0.0302. The van der Waals surface area contributed by atoms with Gasteiger partial charge in [0.05, 0.1) is 33.9 Å². The molecule has 7 nitrogen and oxygen atoms in total. The second kappa shape index (κ2) is 9.26. The highest BCUT2D eigenvalue weighted by Crippen LogP contribution is 2.43. The first-order chi connectivity index (χ1) is 17.9. The molecule has 0 N–H and O–H groups in total. The second-order valence-corrected chi connectivity index (χ2v) is 10.4. The highest BCUT2D eigenvalue weighted by Gasteiger charge is 2.39. The molecule has 3 atom stereocenters. The van der Waals surface area contributed by atoms with E-state index >= 15 is 0 Å². The van der Waals surface area contributed by atoms with Crippen LogP contribution >= 0.6 is 11.6 Å². The van der Waals surface area contributed by atoms with Gasteiger partial charge < -0.3 is 18.7 Å². The van der Waals surface area contributed by atoms with Gasteiger partial charge in [-0.2, -0.15) is 0 Å². The summed E-state index contributed by atoms with van der Waals surface area (Å²) in [4.78, 5) is 19.9. The number of hydrogen-bond acceptors (Lipinski definition) is 5. The lowest BCUT2D eigenvalue weighted by Gasteiger charge is -2.27. The van der Waals surface area contributed by atoms with E-state index in [9.17, 15) is 9.18 Å². The van der Waals surface area contributed by atoms with E-state index in [1.54, 1.807) is 18.1 Å². The molecule has 1 amide bonds. The third-order valence-corrected chi connectivity index (χ3v) is 8.09. The number of methoxy groups -OCH3 is 1. The molecule has 6 rings (SSSR count). The van der Waals surface area contributed by atoms with Crippen LogP contribution in [0.3, 0.4) is 0 Å². The van der Waals surface area contributed by atoms with Gasteiger partial charge in [0.2, 0.25) is 5.91 Å². The fourth-order valence-corrected chi connectivity index (χ4v) is 6.16. The smallest absolute Gasteiger partial charge is 0.227 e. The van der Waals surface area contributed by atoms with Gasteiger partial charge in [0.15, 0.2) is 0 Å². The second-order valence-electron chi connectivity index (χ2n) is 9.98. The predicted octanol–water partition coefficient (Wildman–Crippen LogP) is 6.71. The average molecular weight is 523 g/mol. The molecule has 2 aromatic heterocycles. The molecule has 9 heteroatoms. The summed E-state index contributed by atoms with van der Waals surface area (Å²) >= 11 is 5.93. The van der Waals surface area contributed by atoms with E-state index in [-0.39, 0.29) is 29.1 Å². The number of carbonyl (C=O) groups excluding carboxylic acids is 1. The van der Waals surface area contributed by atoms with Gasteiger partial charge in [-0.3, -0.25) is 4.79 Å². The quantitative estimate of drug-likeness (QED) is 0.291. The van der Waals surface area contributed by atoms with Crippen molar-refractivity contribution in [3.8, 4) is 11.1 Å². The Morgan fingerprint density at radius 3 is 2.68 bits per heavy atom. The lowest BCUT2D eigenvalue weighted by Crippen LogP contribution is -2.30. The molecule has 4 aromatic rings. The van der Waals surface area contributed by atoms with Gasteiger partial charge in [-0.15, -0.1) is 0 Å². The molecule has 2 aromatic carbocycles. The molecule has 192 valence electrons. The fourth-order valence-electron chi connectivity index (χ4n) is 6.04. The predicted molar refractivity (Wildman–Crippen MR) is 139 cm³/mol. The molecule has 0 radical (unpaired) electrons. The van der Waals surface area contributed by atoms with Crippen molar-refractivity contribution in [3.05, 3.63) is 64.5 Å². The van der Waals surface area contributed by atoms with Crippen LogP contribution in [0, 0.1) is 19.7 Å². The van der Waals surface area contributed by atoms with Gasteiger partial charge in [-0.05, 0) is 75.4 Å². The fraction of sp³-hybridized carbons (Fsp3) is 0.393. The van der Waals surface area contributed by atoms with Crippen molar-refractivity contribution < 1.29 is 18.4 Å². The zero-order valence-electron chi connectivity index (χ0n) is 21.0. The number of imidazole rings is 1. The van der Waals surface area contributed by atoms with Crippen LogP contribution in [-0.4, -0.2) is 33.8 Å². The van der Waals surface area contributed by atoms with Gasteiger partial charge in [0.1, 0.15) is 17.4 Å². The number of fused-ring (bicyclic) bond motifs is 1. The first-order valence-electron chi connectivity index (χ1n) is 12.6. The zero-order chi connectivity index (χ0) is 25.8. The molecule has 2 fully saturated rings. The largest absolute Gasteiger partial charge is 0.381 e. The number of benzene rings is 2. The van der Waals surface area contributed by atoms with E-state index in [1.807, 2.05) is 13.8 Å². The van der Waals surface area contributed by atoms with Crippen LogP contribution in [-0.2, 0) is 9.53 Å². The summed E-state index contributed by atoms with van der Waals surface area (Å²) in [6.45, 7) is 3.83. The highest BCUT2D eigenvalue weighted by atomic mass is 35.5. The van der Waals surface area contributed by atoms with Crippen LogP contribution in [0.2, 0.25) is 5.02 Å². The van der Waals surface area contributed by atoms with Crippen LogP contribution in [0.4, 0.5) is 10.1 Å². The number of ether oxygens (including phenoxy) is 1. The Labute approximate surface area is 219 Å². The maximum absolute atomic E-state index is 14.4. The number of aromatic nitrogens is 3. The third-order valence-electron chi connectivity index (χ3n) is 7.79. The van der Waals surface area contributed by atoms with Crippen molar-refractivity contribution >= 4 is 34.2 Å². The summed E-state index contributed by atoms with van der Waals surface area (Å²) in [6.07, 6.45) is 3.95. The summed E-state index contributed by atoms with van der Waals surface area (Å²) < 4.78 is 27.7. The standard InChI is InChI=1S/C28H28ClFN4O3/c1-15-27(16(2)37-32-15)17-4-9-24-23(12-17)31-28(34(24)18-5-7-20(13-18)36-3)25-10-11-26(35)33(25)19-6-8-21(29)22(30)14-19/h4,6,8-9,12,14,18,20,25H,5,7,10-11,13H2,1-3H3/t18-,20-,25+/m1/s1. The van der Waals surface area contributed by atoms with Crippen molar-refractivity contribution in [1.82, 2.24) is 14.7 Å². The number of amides is 1. The molecule has 37 heavy (non-hydrogen) atoms. The average Bonchev–Trinajstić information content (AvgIpc) is 3.65. The molecule has 0 spiro atoms. The van der Waals surface area contributed by atoms with Crippen molar-refractivity contribution in [2.24, 2.45) is 0 Å². The lowest BCUT2D eigenvalue weighted by atomic mass is 10.0. The summed E-state index contributed by atoms with van der Waals surface area (Å²) in [6, 6.07) is 10.6. The van der Waals surface area contributed by atoms with Crippen molar-refractivity contribution in [3.63, 3.8) is 0 Å². The summed E-state index contributed by atoms with van der Waals surface area (Å²) in [5, 5.41) is 4.14. The Hall–Kier alpha value is -3.23. The van der Waals surface area contributed by atoms with Gasteiger partial charge in [0, 0.05) is 30.8 Å². The monoisotopic (exact) mass is 522 g/mol. The lowest BCUT2D eigenvalue weighted by molar-refractivity contribution is -0.117. The Balaban J connectivity index is 1.50. The Morgan fingerprint density at radius 1 is 1.14 bits per heavy atom. The van der Waals surface area contributed by atoms with Gasteiger partial charge >= 0.3 is 0 Å². The van der Waals surface area contributed by atoms with Crippen molar-refractivity contribution in [1.29, 1.82) is 0 Å². The van der Waals surface area contributed by atoms with Crippen LogP contribution in [0.5, 0.6) is 0 Å². The molecule has 1 aliphatic carbocycles.